The first kappa shape index (κ1) is 62.2. The van der Waals surface area contributed by atoms with Crippen molar-refractivity contribution < 1.29 is 67.1 Å². The zero-order chi connectivity index (χ0) is 54.0. The highest BCUT2D eigenvalue weighted by atomic mass is 79.9. The van der Waals surface area contributed by atoms with Crippen LogP contribution < -0.4 is 0 Å². The van der Waals surface area contributed by atoms with Gasteiger partial charge < -0.3 is 39.6 Å². The lowest BCUT2D eigenvalue weighted by atomic mass is 9.73. The van der Waals surface area contributed by atoms with E-state index in [4.69, 9.17) is 29.4 Å². The van der Waals surface area contributed by atoms with E-state index < -0.39 is 42.0 Å². The molecule has 0 aromatic heterocycles. The molecule has 4 aromatic rings. The summed E-state index contributed by atoms with van der Waals surface area (Å²) in [6, 6.07) is 23.1. The SMILES string of the molecule is C.CC1(C)OB(C2=CCCCC2)OC1(C)C.O=C(O)[C@@H](O)Cc1ccc(Br)c(F)c1.O=C(O)[C@@H](O)Cc1ccc(C2=CCCCC2)c(F)c1.O=C(OCc1ccccc1)[C@@H](O)Cc1ccc(C2=CCCCC2)c(F)c1. The monoisotopic (exact) mass is 1100 g/mol. The van der Waals surface area contributed by atoms with Crippen molar-refractivity contribution in [2.24, 2.45) is 0 Å². The van der Waals surface area contributed by atoms with Crippen LogP contribution in [0.1, 0.15) is 146 Å². The lowest BCUT2D eigenvalue weighted by molar-refractivity contribution is -0.154. The second-order valence-corrected chi connectivity index (χ2v) is 20.7. The molecule has 0 radical (unpaired) electrons. The Labute approximate surface area is 448 Å². The smallest absolute Gasteiger partial charge is 0.479 e. The van der Waals surface area contributed by atoms with E-state index in [0.29, 0.717) is 32.3 Å². The van der Waals surface area contributed by atoms with Gasteiger partial charge in [0.1, 0.15) is 24.1 Å². The Morgan fingerprint density at radius 3 is 1.41 bits per heavy atom. The maximum Gasteiger partial charge on any atom is 0.490 e. The number of rotatable bonds is 14. The molecule has 75 heavy (non-hydrogen) atoms. The first-order valence-corrected chi connectivity index (χ1v) is 26.1. The average molecular weight is 1110 g/mol. The molecule has 1 fully saturated rings. The minimum Gasteiger partial charge on any atom is -0.479 e. The first-order chi connectivity index (χ1) is 35.1. The van der Waals surface area contributed by atoms with Gasteiger partial charge in [-0.3, -0.25) is 0 Å². The van der Waals surface area contributed by atoms with Crippen LogP contribution in [0, 0.1) is 17.5 Å². The average Bonchev–Trinajstić information content (AvgIpc) is 3.61. The molecular weight excluding hydrogens is 1030 g/mol. The third-order valence-corrected chi connectivity index (χ3v) is 14.2. The van der Waals surface area contributed by atoms with Crippen LogP contribution in [0.3, 0.4) is 0 Å². The van der Waals surface area contributed by atoms with Crippen molar-refractivity contribution in [3.63, 3.8) is 0 Å². The molecule has 5 N–H and O–H groups in total. The minimum atomic E-state index is -1.49. The number of carboxylic acids is 2. The Morgan fingerprint density at radius 1 is 0.587 bits per heavy atom. The van der Waals surface area contributed by atoms with E-state index in [9.17, 15) is 37.8 Å². The van der Waals surface area contributed by atoms with Crippen molar-refractivity contribution in [3.8, 4) is 0 Å². The van der Waals surface area contributed by atoms with Crippen LogP contribution >= 0.6 is 15.9 Å². The molecule has 1 aliphatic heterocycles. The first-order valence-electron chi connectivity index (χ1n) is 25.3. The fourth-order valence-electron chi connectivity index (χ4n) is 8.55. The van der Waals surface area contributed by atoms with Crippen LogP contribution in [0.2, 0.25) is 0 Å². The molecule has 0 bridgehead atoms. The summed E-state index contributed by atoms with van der Waals surface area (Å²) < 4.78 is 58.8. The molecule has 1 saturated heterocycles. The molecule has 4 aromatic carbocycles. The summed E-state index contributed by atoms with van der Waals surface area (Å²) in [6.45, 7) is 8.54. The highest BCUT2D eigenvalue weighted by Gasteiger charge is 2.52. The maximum atomic E-state index is 14.4. The van der Waals surface area contributed by atoms with Crippen molar-refractivity contribution in [1.82, 2.24) is 0 Å². The van der Waals surface area contributed by atoms with Gasteiger partial charge in [0.2, 0.25) is 0 Å². The largest absolute Gasteiger partial charge is 0.490 e. The van der Waals surface area contributed by atoms with Crippen LogP contribution in [0.25, 0.3) is 11.1 Å². The van der Waals surface area contributed by atoms with E-state index in [0.717, 1.165) is 74.5 Å². The Hall–Kier alpha value is -5.36. The van der Waals surface area contributed by atoms with E-state index in [1.54, 1.807) is 30.3 Å². The second kappa shape index (κ2) is 29.8. The number of aliphatic carboxylic acids is 2. The summed E-state index contributed by atoms with van der Waals surface area (Å²) >= 11 is 2.97. The van der Waals surface area contributed by atoms with Crippen LogP contribution in [0.5, 0.6) is 0 Å². The van der Waals surface area contributed by atoms with E-state index in [2.05, 4.69) is 61.9 Å². The predicted molar refractivity (Wildman–Crippen MR) is 290 cm³/mol. The molecule has 0 spiro atoms. The summed E-state index contributed by atoms with van der Waals surface area (Å²) in [5, 5.41) is 45.3. The number of hydrogen-bond donors (Lipinski definition) is 5. The number of halogens is 4. The van der Waals surface area contributed by atoms with Gasteiger partial charge in [0.05, 0.1) is 15.7 Å². The summed E-state index contributed by atoms with van der Waals surface area (Å²) in [5.74, 6) is -4.43. The second-order valence-electron chi connectivity index (χ2n) is 19.9. The number of esters is 1. The third kappa shape index (κ3) is 19.3. The van der Waals surface area contributed by atoms with Crippen LogP contribution in [0.4, 0.5) is 13.2 Å². The van der Waals surface area contributed by atoms with E-state index in [1.165, 1.54) is 49.0 Å². The maximum absolute atomic E-state index is 14.4. The van der Waals surface area contributed by atoms with Gasteiger partial charge in [0, 0.05) is 30.4 Å². The zero-order valence-corrected chi connectivity index (χ0v) is 44.2. The van der Waals surface area contributed by atoms with Gasteiger partial charge in [-0.25, -0.2) is 27.6 Å². The molecule has 406 valence electrons. The Kier molecular flexibility index (Phi) is 24.7. The predicted octanol–water partition coefficient (Wildman–Crippen LogP) is 12.5. The summed E-state index contributed by atoms with van der Waals surface area (Å²) in [6.07, 6.45) is 15.1. The van der Waals surface area contributed by atoms with Crippen molar-refractivity contribution in [2.45, 2.75) is 168 Å². The number of aliphatic hydroxyl groups is 3. The van der Waals surface area contributed by atoms with Crippen LogP contribution in [-0.4, -0.2) is 80.1 Å². The van der Waals surface area contributed by atoms with E-state index in [-0.39, 0.29) is 63.3 Å². The standard InChI is InChI=1S/C22H23FO3.C15H17FO3.C12H21BO2.C9H8BrFO3.CH4/c23-20-13-17(11-12-19(20)18-9-5-2-6-10-18)14-21(24)22(25)26-15-16-7-3-1-4-8-16;16-13-8-10(9-14(17)15(18)19)6-7-12(13)11-4-2-1-3-5-11;1-11(2)12(3,4)15-13(14-11)10-8-6-5-7-9-10;10-6-2-1-5(3-7(6)11)4-8(12)9(13)14;/h1,3-4,7-9,11-13,21,24H,2,5-6,10,14-15H2;4,6-8,14,17H,1-3,5,9H2,(H,18,19);8H,5-7,9H2,1-4H3;1-3,8,12H,4H2,(H,13,14);1H4/t21-;14-;;8-;/m00.0./s1. The summed E-state index contributed by atoms with van der Waals surface area (Å²) in [4.78, 5) is 32.8. The van der Waals surface area contributed by atoms with Crippen LogP contribution in [-0.2, 0) is 54.3 Å². The number of allylic oxidation sites excluding steroid dienone is 6. The quantitative estimate of drug-likeness (QED) is 0.0599. The number of aliphatic hydroxyl groups excluding tert-OH is 3. The molecule has 16 heteroatoms. The topological polar surface area (TPSA) is 180 Å². The third-order valence-electron chi connectivity index (χ3n) is 13.6. The number of carbonyl (C=O) groups is 3. The molecule has 1 heterocycles. The lowest BCUT2D eigenvalue weighted by Crippen LogP contribution is -2.41. The van der Waals surface area contributed by atoms with Crippen molar-refractivity contribution >= 4 is 52.1 Å². The van der Waals surface area contributed by atoms with E-state index >= 15 is 0 Å². The van der Waals surface area contributed by atoms with Crippen molar-refractivity contribution in [3.05, 3.63) is 164 Å². The lowest BCUT2D eigenvalue weighted by Gasteiger charge is -2.32. The number of hydrogen-bond acceptors (Lipinski definition) is 9. The molecule has 0 saturated carbocycles. The van der Waals surface area contributed by atoms with Gasteiger partial charge in [-0.2, -0.15) is 0 Å². The summed E-state index contributed by atoms with van der Waals surface area (Å²) in [7, 11) is -0.102. The molecule has 3 aliphatic carbocycles. The van der Waals surface area contributed by atoms with E-state index in [1.807, 2.05) is 30.3 Å². The molecule has 4 aliphatic rings. The summed E-state index contributed by atoms with van der Waals surface area (Å²) in [5.41, 5.74) is 6.59. The normalized spacial score (nSPS) is 17.7. The highest BCUT2D eigenvalue weighted by molar-refractivity contribution is 9.10. The Balaban J connectivity index is 0.000000222. The highest BCUT2D eigenvalue weighted by Crippen LogP contribution is 2.40. The molecule has 3 atom stereocenters. The number of carboxylic acid groups (broad SMARTS) is 2. The number of carbonyl (C=O) groups excluding carboxylic acids is 1. The molecule has 0 amide bonds. The van der Waals surface area contributed by atoms with Gasteiger partial charge >= 0.3 is 25.0 Å². The van der Waals surface area contributed by atoms with Gasteiger partial charge in [0.15, 0.2) is 18.3 Å². The minimum absolute atomic E-state index is 0. The van der Waals surface area contributed by atoms with Crippen LogP contribution in [0.15, 0.2) is 113 Å². The van der Waals surface area contributed by atoms with Gasteiger partial charge in [0.25, 0.3) is 0 Å². The Bertz CT molecular complexity index is 2600. The van der Waals surface area contributed by atoms with Gasteiger partial charge in [-0.15, -0.1) is 0 Å². The van der Waals surface area contributed by atoms with Crippen molar-refractivity contribution in [2.75, 3.05) is 0 Å². The Morgan fingerprint density at radius 2 is 1.01 bits per heavy atom. The van der Waals surface area contributed by atoms with Gasteiger partial charge in [-0.1, -0.05) is 86.3 Å². The number of benzene rings is 4. The fourth-order valence-corrected chi connectivity index (χ4v) is 8.79. The number of ether oxygens (including phenoxy) is 1. The molecular formula is C59H73BBrF3O11. The molecule has 11 nitrogen and oxygen atoms in total. The molecule has 0 unspecified atom stereocenters. The van der Waals surface area contributed by atoms with Gasteiger partial charge in [-0.05, 0) is 184 Å². The molecule has 8 rings (SSSR count). The zero-order valence-electron chi connectivity index (χ0n) is 42.6. The van der Waals surface area contributed by atoms with Crippen molar-refractivity contribution in [1.29, 1.82) is 0 Å². The fraction of sp³-hybridized carbons (Fsp3) is 0.441.